The van der Waals surface area contributed by atoms with Crippen LogP contribution in [0.25, 0.3) is 33.9 Å². The molecule has 0 fully saturated rings. The van der Waals surface area contributed by atoms with Crippen molar-refractivity contribution in [1.82, 2.24) is 9.97 Å². The number of rotatable bonds is 4. The number of nitro groups is 1. The second-order valence-corrected chi connectivity index (χ2v) is 9.50. The van der Waals surface area contributed by atoms with Crippen LogP contribution in [0, 0.1) is 33.8 Å². The molecule has 1 heterocycles. The highest BCUT2D eigenvalue weighted by molar-refractivity contribution is 5.81. The van der Waals surface area contributed by atoms with E-state index in [4.69, 9.17) is 4.98 Å². The molecule has 0 saturated carbocycles. The summed E-state index contributed by atoms with van der Waals surface area (Å²) in [5, 5.41) is 11.1. The van der Waals surface area contributed by atoms with Gasteiger partial charge in [0.25, 0.3) is 5.69 Å². The van der Waals surface area contributed by atoms with Crippen LogP contribution in [0.15, 0.2) is 133 Å². The van der Waals surface area contributed by atoms with E-state index in [1.165, 1.54) is 12.1 Å². The molecule has 1 N–H and O–H groups in total. The van der Waals surface area contributed by atoms with Gasteiger partial charge in [0.05, 0.1) is 16.3 Å². The zero-order valence-corrected chi connectivity index (χ0v) is 22.4. The smallest absolute Gasteiger partial charge is 0.269 e. The highest BCUT2D eigenvalue weighted by Crippen LogP contribution is 2.33. The minimum atomic E-state index is -0.409. The molecule has 0 saturated heterocycles. The first kappa shape index (κ1) is 26.1. The predicted molar refractivity (Wildman–Crippen MR) is 166 cm³/mol. The van der Waals surface area contributed by atoms with Crippen LogP contribution < -0.4 is 0 Å². The lowest BCUT2D eigenvalue weighted by molar-refractivity contribution is -0.384. The van der Waals surface area contributed by atoms with Gasteiger partial charge < -0.3 is 4.98 Å². The fourth-order valence-electron chi connectivity index (χ4n) is 4.43. The summed E-state index contributed by atoms with van der Waals surface area (Å²) >= 11 is 0. The summed E-state index contributed by atoms with van der Waals surface area (Å²) in [5.41, 5.74) is 7.99. The molecule has 0 aliphatic rings. The molecule has 6 rings (SSSR count). The van der Waals surface area contributed by atoms with Gasteiger partial charge in [-0.05, 0) is 60.7 Å². The third-order valence-electron chi connectivity index (χ3n) is 6.64. The summed E-state index contributed by atoms with van der Waals surface area (Å²) in [4.78, 5) is 19.1. The van der Waals surface area contributed by atoms with Crippen molar-refractivity contribution in [2.24, 2.45) is 0 Å². The van der Waals surface area contributed by atoms with E-state index in [2.05, 4.69) is 28.7 Å². The van der Waals surface area contributed by atoms with Gasteiger partial charge in [-0.3, -0.25) is 10.1 Å². The maximum absolute atomic E-state index is 11.1. The van der Waals surface area contributed by atoms with Crippen LogP contribution in [0.1, 0.15) is 22.3 Å². The van der Waals surface area contributed by atoms with Crippen molar-refractivity contribution >= 4 is 5.69 Å². The molecule has 5 nitrogen and oxygen atoms in total. The number of hydrogen-bond acceptors (Lipinski definition) is 3. The van der Waals surface area contributed by atoms with Gasteiger partial charge in [-0.15, -0.1) is 0 Å². The summed E-state index contributed by atoms with van der Waals surface area (Å²) in [7, 11) is 0. The van der Waals surface area contributed by atoms with Crippen molar-refractivity contribution in [3.05, 3.63) is 166 Å². The van der Waals surface area contributed by atoms with Crippen LogP contribution >= 0.6 is 0 Å². The lowest BCUT2D eigenvalue weighted by Crippen LogP contribution is -1.88. The Morgan fingerprint density at radius 2 is 0.952 bits per heavy atom. The number of nitro benzene ring substituents is 1. The van der Waals surface area contributed by atoms with E-state index in [0.29, 0.717) is 5.82 Å². The third-order valence-corrected chi connectivity index (χ3v) is 6.64. The zero-order valence-electron chi connectivity index (χ0n) is 22.4. The lowest BCUT2D eigenvalue weighted by atomic mass is 10.0. The molecule has 0 aliphatic heterocycles. The first-order valence-corrected chi connectivity index (χ1v) is 13.3. The van der Waals surface area contributed by atoms with Gasteiger partial charge in [0.2, 0.25) is 0 Å². The average Bonchev–Trinajstić information content (AvgIpc) is 3.50. The monoisotopic (exact) mass is 541 g/mol. The number of nitrogens with zero attached hydrogens (tertiary/aromatic N) is 2. The van der Waals surface area contributed by atoms with Crippen LogP contribution in [0.5, 0.6) is 0 Å². The largest absolute Gasteiger partial charge is 0.337 e. The highest BCUT2D eigenvalue weighted by Gasteiger charge is 2.16. The lowest BCUT2D eigenvalue weighted by Gasteiger charge is -2.04. The summed E-state index contributed by atoms with van der Waals surface area (Å²) < 4.78 is 0. The minimum absolute atomic E-state index is 0.0326. The van der Waals surface area contributed by atoms with Crippen LogP contribution in [0.4, 0.5) is 5.69 Å². The fourth-order valence-corrected chi connectivity index (χ4v) is 4.43. The van der Waals surface area contributed by atoms with Gasteiger partial charge in [-0.1, -0.05) is 84.3 Å². The SMILES string of the molecule is O=[N+]([O-])c1ccc(-c2nc(-c3ccc(C#Cc4ccccc4)cc3)c(-c3ccc(C#Cc4ccccc4)cc3)[nH]2)cc1. The Bertz CT molecular complexity index is 1850. The number of aromatic amines is 1. The van der Waals surface area contributed by atoms with Crippen molar-refractivity contribution < 1.29 is 4.92 Å². The molecule has 1 aromatic heterocycles. The molecule has 0 aliphatic carbocycles. The number of nitrogens with one attached hydrogen (secondary N) is 1. The normalized spacial score (nSPS) is 10.2. The van der Waals surface area contributed by atoms with Gasteiger partial charge >= 0.3 is 0 Å². The van der Waals surface area contributed by atoms with Gasteiger partial charge in [0, 0.05) is 51.1 Å². The molecule has 0 atom stereocenters. The van der Waals surface area contributed by atoms with Crippen molar-refractivity contribution in [2.45, 2.75) is 0 Å². The van der Waals surface area contributed by atoms with Gasteiger partial charge in [0.15, 0.2) is 0 Å². The number of non-ortho nitro benzene ring substituents is 1. The summed E-state index contributed by atoms with van der Waals surface area (Å²) in [6.07, 6.45) is 0. The average molecular weight is 542 g/mol. The van der Waals surface area contributed by atoms with Crippen LogP contribution in [-0.2, 0) is 0 Å². The number of benzene rings is 5. The maximum Gasteiger partial charge on any atom is 0.269 e. The van der Waals surface area contributed by atoms with E-state index in [0.717, 1.165) is 50.3 Å². The molecule has 5 aromatic carbocycles. The summed E-state index contributed by atoms with van der Waals surface area (Å²) in [5.74, 6) is 13.4. The zero-order chi connectivity index (χ0) is 28.7. The Morgan fingerprint density at radius 1 is 0.524 bits per heavy atom. The molecule has 42 heavy (non-hydrogen) atoms. The van der Waals surface area contributed by atoms with E-state index in [9.17, 15) is 10.1 Å². The first-order valence-electron chi connectivity index (χ1n) is 13.3. The van der Waals surface area contributed by atoms with Crippen LogP contribution in [0.2, 0.25) is 0 Å². The molecule has 5 heteroatoms. The Hall–Kier alpha value is -6.17. The minimum Gasteiger partial charge on any atom is -0.337 e. The third kappa shape index (κ3) is 6.02. The summed E-state index contributed by atoms with van der Waals surface area (Å²) in [6, 6.07) is 42.1. The highest BCUT2D eigenvalue weighted by atomic mass is 16.6. The van der Waals surface area contributed by atoms with E-state index >= 15 is 0 Å². The Kier molecular flexibility index (Phi) is 7.40. The first-order chi connectivity index (χ1) is 20.6. The number of aromatic nitrogens is 2. The van der Waals surface area contributed by atoms with E-state index in [1.54, 1.807) is 12.1 Å². The van der Waals surface area contributed by atoms with Gasteiger partial charge in [0.1, 0.15) is 5.82 Å². The maximum atomic E-state index is 11.1. The van der Waals surface area contributed by atoms with Crippen LogP contribution in [0.3, 0.4) is 0 Å². The predicted octanol–water partition coefficient (Wildman–Crippen LogP) is 8.12. The second-order valence-electron chi connectivity index (χ2n) is 9.50. The Balaban J connectivity index is 1.35. The van der Waals surface area contributed by atoms with Crippen molar-refractivity contribution in [1.29, 1.82) is 0 Å². The molecular weight excluding hydrogens is 518 g/mol. The van der Waals surface area contributed by atoms with E-state index < -0.39 is 4.92 Å². The van der Waals surface area contributed by atoms with Gasteiger partial charge in [-0.2, -0.15) is 0 Å². The number of hydrogen-bond donors (Lipinski definition) is 1. The van der Waals surface area contributed by atoms with Crippen molar-refractivity contribution in [2.75, 3.05) is 0 Å². The van der Waals surface area contributed by atoms with E-state index in [1.807, 2.05) is 109 Å². The quantitative estimate of drug-likeness (QED) is 0.139. The molecule has 0 amide bonds. The van der Waals surface area contributed by atoms with E-state index in [-0.39, 0.29) is 5.69 Å². The van der Waals surface area contributed by atoms with Crippen LogP contribution in [-0.4, -0.2) is 14.9 Å². The topological polar surface area (TPSA) is 71.8 Å². The molecule has 0 bridgehead atoms. The second kappa shape index (κ2) is 11.9. The Labute approximate surface area is 243 Å². The standard InChI is InChI=1S/C37H23N3O2/c41-40(42)34-25-23-33(24-26-34)37-38-35(31-19-15-29(16-20-31)13-11-27-7-3-1-4-8-27)36(39-37)32-21-17-30(18-22-32)14-12-28-9-5-2-6-10-28/h1-10,15-26H,(H,38,39). The molecule has 0 spiro atoms. The Morgan fingerprint density at radius 3 is 1.43 bits per heavy atom. The molecule has 0 radical (unpaired) electrons. The van der Waals surface area contributed by atoms with Gasteiger partial charge in [-0.25, -0.2) is 4.98 Å². The molecule has 198 valence electrons. The molecular formula is C37H23N3O2. The summed E-state index contributed by atoms with van der Waals surface area (Å²) in [6.45, 7) is 0. The number of H-pyrrole nitrogens is 1. The van der Waals surface area contributed by atoms with Crippen molar-refractivity contribution in [3.63, 3.8) is 0 Å². The molecule has 6 aromatic rings. The van der Waals surface area contributed by atoms with Crippen molar-refractivity contribution in [3.8, 4) is 57.6 Å². The fraction of sp³-hybridized carbons (Fsp3) is 0. The molecule has 0 unspecified atom stereocenters. The number of imidazole rings is 1.